The molecule has 2 heterocycles. The molecule has 0 bridgehead atoms. The van der Waals surface area contributed by atoms with Crippen LogP contribution < -0.4 is 5.73 Å². The first-order valence-electron chi connectivity index (χ1n) is 9.70. The molecule has 0 spiro atoms. The number of aliphatic imine (C=N–C) groups is 1. The fourth-order valence-corrected chi connectivity index (χ4v) is 3.93. The molecule has 2 aromatic carbocycles. The van der Waals surface area contributed by atoms with Crippen LogP contribution in [0, 0.1) is 5.82 Å². The molecule has 2 N–H and O–H groups in total. The van der Waals surface area contributed by atoms with Crippen LogP contribution in [0.2, 0.25) is 0 Å². The van der Waals surface area contributed by atoms with E-state index in [1.165, 1.54) is 11.9 Å². The molecule has 4 rings (SSSR count). The quantitative estimate of drug-likeness (QED) is 0.371. The van der Waals surface area contributed by atoms with Gasteiger partial charge in [-0.2, -0.15) is 0 Å². The lowest BCUT2D eigenvalue weighted by Gasteiger charge is -2.25. The Morgan fingerprint density at radius 2 is 2.10 bits per heavy atom. The van der Waals surface area contributed by atoms with Crippen molar-refractivity contribution in [1.82, 2.24) is 9.46 Å². The van der Waals surface area contributed by atoms with Gasteiger partial charge in [0.25, 0.3) is 0 Å². The van der Waals surface area contributed by atoms with Crippen molar-refractivity contribution in [1.29, 1.82) is 0 Å². The van der Waals surface area contributed by atoms with Gasteiger partial charge in [0.15, 0.2) is 5.76 Å². The Hall–Kier alpha value is -2.84. The lowest BCUT2D eigenvalue weighted by molar-refractivity contribution is 0.162. The minimum Gasteiger partial charge on any atom is -0.369 e. The van der Waals surface area contributed by atoms with Crippen molar-refractivity contribution >= 4 is 17.9 Å². The molecule has 8 heteroatoms. The van der Waals surface area contributed by atoms with Gasteiger partial charge in [0.2, 0.25) is 5.96 Å². The largest absolute Gasteiger partial charge is 0.369 e. The van der Waals surface area contributed by atoms with E-state index in [2.05, 4.69) is 10.1 Å². The Kier molecular flexibility index (Phi) is 6.35. The average molecular weight is 427 g/mol. The maximum Gasteiger partial charge on any atom is 0.202 e. The molecule has 6 nitrogen and oxygen atoms in total. The average Bonchev–Trinajstić information content (AvgIpc) is 3.27. The van der Waals surface area contributed by atoms with Crippen LogP contribution in [0.3, 0.4) is 0 Å². The molecule has 1 unspecified atom stereocenters. The standard InChI is InChI=1S/C22H23FN4O2S/c1-15(17-7-8-19(20(23)11-17)16-5-3-2-4-6-16)21-12-18(29-26-21)13-25-22(24)27-9-10-28-14-30-27/h2-8,11-12,15H,9-10,13-14H2,1H3,(H2,24,25). The highest BCUT2D eigenvalue weighted by Crippen LogP contribution is 2.29. The first-order chi connectivity index (χ1) is 14.6. The third-order valence-electron chi connectivity index (χ3n) is 4.98. The number of hydrogen-bond acceptors (Lipinski definition) is 5. The Balaban J connectivity index is 1.45. The van der Waals surface area contributed by atoms with E-state index in [1.54, 1.807) is 6.07 Å². The van der Waals surface area contributed by atoms with Crippen molar-refractivity contribution in [3.8, 4) is 11.1 Å². The van der Waals surface area contributed by atoms with Gasteiger partial charge in [-0.15, -0.1) is 0 Å². The van der Waals surface area contributed by atoms with E-state index in [-0.39, 0.29) is 11.7 Å². The van der Waals surface area contributed by atoms with Gasteiger partial charge in [-0.25, -0.2) is 9.38 Å². The van der Waals surface area contributed by atoms with E-state index in [1.807, 2.05) is 59.8 Å². The highest BCUT2D eigenvalue weighted by molar-refractivity contribution is 7.97. The Labute approximate surface area is 179 Å². The zero-order valence-electron chi connectivity index (χ0n) is 16.6. The number of nitrogens with two attached hydrogens (primary N) is 1. The minimum absolute atomic E-state index is 0.113. The molecule has 1 atom stereocenters. The van der Waals surface area contributed by atoms with Gasteiger partial charge in [-0.3, -0.25) is 4.31 Å². The van der Waals surface area contributed by atoms with Crippen molar-refractivity contribution < 1.29 is 13.7 Å². The maximum atomic E-state index is 14.7. The van der Waals surface area contributed by atoms with E-state index >= 15 is 0 Å². The number of halogens is 1. The lowest BCUT2D eigenvalue weighted by Crippen LogP contribution is -2.37. The summed E-state index contributed by atoms with van der Waals surface area (Å²) < 4.78 is 27.3. The van der Waals surface area contributed by atoms with Crippen LogP contribution in [0.25, 0.3) is 11.1 Å². The number of guanidine groups is 1. The molecule has 0 saturated carbocycles. The van der Waals surface area contributed by atoms with E-state index in [4.69, 9.17) is 15.0 Å². The lowest BCUT2D eigenvalue weighted by atomic mass is 9.94. The predicted molar refractivity (Wildman–Crippen MR) is 116 cm³/mol. The summed E-state index contributed by atoms with van der Waals surface area (Å²) in [7, 11) is 0. The molecule has 0 radical (unpaired) electrons. The zero-order chi connectivity index (χ0) is 20.9. The Bertz CT molecular complexity index is 1020. The SMILES string of the molecule is CC(c1ccc(-c2ccccc2)c(F)c1)c1cc(CN=C(N)N2CCOCS2)on1. The van der Waals surface area contributed by atoms with Crippen LogP contribution in [0.1, 0.15) is 29.9 Å². The van der Waals surface area contributed by atoms with Gasteiger partial charge < -0.3 is 15.0 Å². The van der Waals surface area contributed by atoms with Gasteiger partial charge in [-0.1, -0.05) is 54.5 Å². The number of benzene rings is 2. The van der Waals surface area contributed by atoms with Crippen molar-refractivity contribution in [2.75, 3.05) is 19.1 Å². The molecule has 3 aromatic rings. The van der Waals surface area contributed by atoms with Crippen LogP contribution >= 0.6 is 11.9 Å². The fourth-order valence-electron chi connectivity index (χ4n) is 3.22. The highest BCUT2D eigenvalue weighted by Gasteiger charge is 2.17. The maximum absolute atomic E-state index is 14.7. The number of nitrogens with zero attached hydrogens (tertiary/aromatic N) is 3. The summed E-state index contributed by atoms with van der Waals surface area (Å²) >= 11 is 1.49. The summed E-state index contributed by atoms with van der Waals surface area (Å²) in [5, 5.41) is 4.15. The minimum atomic E-state index is -0.255. The zero-order valence-corrected chi connectivity index (χ0v) is 17.4. The smallest absolute Gasteiger partial charge is 0.202 e. The molecule has 1 aromatic heterocycles. The van der Waals surface area contributed by atoms with Crippen LogP contribution in [0.4, 0.5) is 4.39 Å². The molecule has 30 heavy (non-hydrogen) atoms. The second-order valence-corrected chi connectivity index (χ2v) is 7.91. The summed E-state index contributed by atoms with van der Waals surface area (Å²) in [6.45, 7) is 3.60. The highest BCUT2D eigenvalue weighted by atomic mass is 32.2. The molecule has 1 aliphatic rings. The number of rotatable bonds is 5. The van der Waals surface area contributed by atoms with Gasteiger partial charge in [0.05, 0.1) is 18.8 Å². The Morgan fingerprint density at radius 3 is 2.83 bits per heavy atom. The normalized spacial score (nSPS) is 15.9. The molecule has 1 fully saturated rings. The first-order valence-corrected chi connectivity index (χ1v) is 10.6. The van der Waals surface area contributed by atoms with Crippen LogP contribution in [0.15, 0.2) is 64.1 Å². The van der Waals surface area contributed by atoms with E-state index in [0.717, 1.165) is 16.8 Å². The molecule has 0 amide bonds. The van der Waals surface area contributed by atoms with Crippen molar-refractivity contribution in [2.45, 2.75) is 19.4 Å². The van der Waals surface area contributed by atoms with E-state index in [0.29, 0.717) is 42.9 Å². The second kappa shape index (κ2) is 9.32. The van der Waals surface area contributed by atoms with Crippen molar-refractivity contribution in [3.05, 3.63) is 77.4 Å². The van der Waals surface area contributed by atoms with Crippen LogP contribution in [-0.4, -0.2) is 34.5 Å². The number of aromatic nitrogens is 1. The topological polar surface area (TPSA) is 76.9 Å². The van der Waals surface area contributed by atoms with Crippen LogP contribution in [-0.2, 0) is 11.3 Å². The molecule has 1 aliphatic heterocycles. The summed E-state index contributed by atoms with van der Waals surface area (Å²) in [6, 6.07) is 16.6. The van der Waals surface area contributed by atoms with Gasteiger partial charge in [-0.05, 0) is 29.1 Å². The van der Waals surface area contributed by atoms with Gasteiger partial charge >= 0.3 is 0 Å². The molecule has 1 saturated heterocycles. The molecule has 0 aliphatic carbocycles. The summed E-state index contributed by atoms with van der Waals surface area (Å²) in [5.41, 5.74) is 9.02. The monoisotopic (exact) mass is 426 g/mol. The second-order valence-electron chi connectivity index (χ2n) is 6.98. The fraction of sp³-hybridized carbons (Fsp3) is 0.273. The van der Waals surface area contributed by atoms with E-state index in [9.17, 15) is 4.39 Å². The summed E-state index contributed by atoms with van der Waals surface area (Å²) in [4.78, 5) is 4.37. The summed E-state index contributed by atoms with van der Waals surface area (Å²) in [6.07, 6.45) is 0. The number of hydrogen-bond donors (Lipinski definition) is 1. The van der Waals surface area contributed by atoms with Crippen molar-refractivity contribution in [2.24, 2.45) is 10.7 Å². The number of ether oxygens (including phenoxy) is 1. The van der Waals surface area contributed by atoms with Crippen molar-refractivity contribution in [3.63, 3.8) is 0 Å². The molecule has 156 valence electrons. The van der Waals surface area contributed by atoms with Crippen LogP contribution in [0.5, 0.6) is 0 Å². The summed E-state index contributed by atoms with van der Waals surface area (Å²) in [5.74, 6) is 1.25. The molecular weight excluding hydrogens is 403 g/mol. The third kappa shape index (κ3) is 4.66. The van der Waals surface area contributed by atoms with Gasteiger partial charge in [0, 0.05) is 17.5 Å². The molecular formula is C22H23FN4O2S. The third-order valence-corrected chi connectivity index (χ3v) is 5.94. The predicted octanol–water partition coefficient (Wildman–Crippen LogP) is 4.39. The first kappa shape index (κ1) is 20.4. The van der Waals surface area contributed by atoms with Gasteiger partial charge in [0.1, 0.15) is 18.3 Å². The van der Waals surface area contributed by atoms with E-state index < -0.39 is 0 Å². The Morgan fingerprint density at radius 1 is 1.27 bits per heavy atom.